The topological polar surface area (TPSA) is 79.8 Å². The van der Waals surface area contributed by atoms with Crippen molar-refractivity contribution in [3.63, 3.8) is 0 Å². The van der Waals surface area contributed by atoms with Crippen LogP contribution in [0.4, 0.5) is 15.7 Å². The lowest BCUT2D eigenvalue weighted by Gasteiger charge is -2.03. The molecule has 6 nitrogen and oxygen atoms in total. The van der Waals surface area contributed by atoms with E-state index in [0.29, 0.717) is 10.9 Å². The molecule has 25 heavy (non-hydrogen) atoms. The van der Waals surface area contributed by atoms with Gasteiger partial charge in [0.2, 0.25) is 0 Å². The van der Waals surface area contributed by atoms with E-state index < -0.39 is 6.03 Å². The Balaban J connectivity index is 1.50. The smallest absolute Gasteiger partial charge is 0.291 e. The predicted molar refractivity (Wildman–Crippen MR) is 99.7 cm³/mol. The van der Waals surface area contributed by atoms with Crippen molar-refractivity contribution < 1.29 is 4.79 Å². The Hall–Kier alpha value is -3.32. The molecule has 0 radical (unpaired) electrons. The van der Waals surface area contributed by atoms with Crippen molar-refractivity contribution in [3.05, 3.63) is 66.4 Å². The van der Waals surface area contributed by atoms with Gasteiger partial charge in [-0.3, -0.25) is 15.6 Å². The maximum atomic E-state index is 12.0. The molecule has 0 aliphatic carbocycles. The molecule has 0 aliphatic heterocycles. The summed E-state index contributed by atoms with van der Waals surface area (Å²) < 4.78 is 0. The number of rotatable bonds is 3. The van der Waals surface area contributed by atoms with Crippen LogP contribution in [0.1, 0.15) is 0 Å². The maximum Gasteiger partial charge on any atom is 0.326 e. The van der Waals surface area contributed by atoms with Crippen LogP contribution in [-0.4, -0.2) is 21.0 Å². The molecule has 0 unspecified atom stereocenters. The zero-order chi connectivity index (χ0) is 17.1. The summed E-state index contributed by atoms with van der Waals surface area (Å²) in [6.07, 6.45) is 4.53. The number of hydrogen-bond acceptors (Lipinski definition) is 5. The Labute approximate surface area is 147 Å². The highest BCUT2D eigenvalue weighted by Crippen LogP contribution is 2.27. The average molecular weight is 347 g/mol. The van der Waals surface area contributed by atoms with Crippen molar-refractivity contribution in [3.8, 4) is 11.3 Å². The second-order valence-electron chi connectivity index (χ2n) is 5.27. The zero-order valence-corrected chi connectivity index (χ0v) is 13.8. The van der Waals surface area contributed by atoms with Crippen LogP contribution in [-0.2, 0) is 0 Å². The van der Waals surface area contributed by atoms with Crippen LogP contribution < -0.4 is 10.6 Å². The lowest BCUT2D eigenvalue weighted by molar-refractivity contribution is 0.262. The first-order valence-electron chi connectivity index (χ1n) is 7.57. The minimum atomic E-state index is -0.403. The molecular formula is C18H13N5OS. The Morgan fingerprint density at radius 1 is 1.00 bits per heavy atom. The van der Waals surface area contributed by atoms with E-state index in [4.69, 9.17) is 0 Å². The number of anilines is 2. The molecule has 0 atom stereocenters. The zero-order valence-electron chi connectivity index (χ0n) is 13.0. The summed E-state index contributed by atoms with van der Waals surface area (Å²) in [5.74, 6) is 0.381. The SMILES string of the molecule is O=C(Nc1cnccn1)Nc1nc(-c2ccc3ccccc3c2)cs1. The van der Waals surface area contributed by atoms with Gasteiger partial charge in [-0.2, -0.15) is 0 Å². The van der Waals surface area contributed by atoms with Crippen molar-refractivity contribution in [1.29, 1.82) is 0 Å². The number of carbonyl (C=O) groups excluding carboxylic acids is 1. The van der Waals surface area contributed by atoms with Gasteiger partial charge < -0.3 is 0 Å². The molecule has 0 bridgehead atoms. The molecule has 0 aliphatic rings. The van der Waals surface area contributed by atoms with Crippen molar-refractivity contribution in [2.45, 2.75) is 0 Å². The van der Waals surface area contributed by atoms with Gasteiger partial charge in [0.1, 0.15) is 0 Å². The third kappa shape index (κ3) is 3.46. The van der Waals surface area contributed by atoms with Gasteiger partial charge in [0.15, 0.2) is 10.9 Å². The van der Waals surface area contributed by atoms with E-state index in [2.05, 4.69) is 49.9 Å². The Bertz CT molecular complexity index is 1030. The predicted octanol–water partition coefficient (Wildman–Crippen LogP) is 4.40. The van der Waals surface area contributed by atoms with E-state index >= 15 is 0 Å². The highest BCUT2D eigenvalue weighted by Gasteiger charge is 2.09. The Kier molecular flexibility index (Phi) is 4.05. The monoisotopic (exact) mass is 347 g/mol. The molecule has 4 aromatic rings. The van der Waals surface area contributed by atoms with Gasteiger partial charge in [0.25, 0.3) is 0 Å². The second kappa shape index (κ2) is 6.66. The van der Waals surface area contributed by atoms with Crippen LogP contribution in [0.2, 0.25) is 0 Å². The molecule has 2 amide bonds. The highest BCUT2D eigenvalue weighted by atomic mass is 32.1. The largest absolute Gasteiger partial charge is 0.326 e. The standard InChI is InChI=1S/C18H13N5OS/c24-17(22-16-10-19-7-8-20-16)23-18-21-15(11-25-18)14-6-5-12-3-1-2-4-13(12)9-14/h1-11H,(H2,20,21,22,23,24). The van der Waals surface area contributed by atoms with Gasteiger partial charge in [0, 0.05) is 23.3 Å². The minimum absolute atomic E-state index is 0.381. The van der Waals surface area contributed by atoms with Crippen molar-refractivity contribution >= 4 is 39.1 Å². The summed E-state index contributed by atoms with van der Waals surface area (Å²) >= 11 is 1.37. The first kappa shape index (κ1) is 15.2. The number of nitrogens with zero attached hydrogens (tertiary/aromatic N) is 3. The molecule has 2 heterocycles. The summed E-state index contributed by atoms with van der Waals surface area (Å²) in [5.41, 5.74) is 1.84. The quantitative estimate of drug-likeness (QED) is 0.576. The third-order valence-corrected chi connectivity index (χ3v) is 4.33. The van der Waals surface area contributed by atoms with Gasteiger partial charge in [-0.1, -0.05) is 36.4 Å². The van der Waals surface area contributed by atoms with Crippen LogP contribution in [0, 0.1) is 0 Å². The van der Waals surface area contributed by atoms with E-state index in [-0.39, 0.29) is 0 Å². The number of fused-ring (bicyclic) bond motifs is 1. The average Bonchev–Trinajstić information content (AvgIpc) is 3.10. The van der Waals surface area contributed by atoms with Crippen molar-refractivity contribution in [2.24, 2.45) is 0 Å². The third-order valence-electron chi connectivity index (χ3n) is 3.57. The first-order chi connectivity index (χ1) is 12.3. The molecule has 2 aromatic carbocycles. The molecule has 2 N–H and O–H groups in total. The number of thiazole rings is 1. The molecular weight excluding hydrogens is 334 g/mol. The Morgan fingerprint density at radius 3 is 2.72 bits per heavy atom. The summed E-state index contributed by atoms with van der Waals surface area (Å²) in [4.78, 5) is 24.3. The van der Waals surface area contributed by atoms with Gasteiger partial charge in [-0.05, 0) is 16.8 Å². The molecule has 0 spiro atoms. The molecule has 4 rings (SSSR count). The van der Waals surface area contributed by atoms with E-state index in [9.17, 15) is 4.79 Å². The highest BCUT2D eigenvalue weighted by molar-refractivity contribution is 7.14. The number of aromatic nitrogens is 3. The Morgan fingerprint density at radius 2 is 1.88 bits per heavy atom. The van der Waals surface area contributed by atoms with Crippen LogP contribution in [0.25, 0.3) is 22.0 Å². The number of hydrogen-bond donors (Lipinski definition) is 2. The molecule has 0 fully saturated rings. The van der Waals surface area contributed by atoms with Gasteiger partial charge in [0.05, 0.1) is 11.9 Å². The lowest BCUT2D eigenvalue weighted by Crippen LogP contribution is -2.20. The maximum absolute atomic E-state index is 12.0. The first-order valence-corrected chi connectivity index (χ1v) is 8.45. The lowest BCUT2D eigenvalue weighted by atomic mass is 10.1. The van der Waals surface area contributed by atoms with Crippen LogP contribution >= 0.6 is 11.3 Å². The van der Waals surface area contributed by atoms with Gasteiger partial charge >= 0.3 is 6.03 Å². The number of benzene rings is 2. The molecule has 7 heteroatoms. The van der Waals surface area contributed by atoms with E-state index in [1.807, 2.05) is 23.6 Å². The number of nitrogens with one attached hydrogen (secondary N) is 2. The molecule has 0 saturated heterocycles. The van der Waals surface area contributed by atoms with Gasteiger partial charge in [-0.25, -0.2) is 14.8 Å². The summed E-state index contributed by atoms with van der Waals surface area (Å²) in [7, 11) is 0. The normalized spacial score (nSPS) is 10.6. The summed E-state index contributed by atoms with van der Waals surface area (Å²) in [5, 5.41) is 10.1. The fraction of sp³-hybridized carbons (Fsp3) is 0. The van der Waals surface area contributed by atoms with Crippen LogP contribution in [0.3, 0.4) is 0 Å². The van der Waals surface area contributed by atoms with Crippen molar-refractivity contribution in [1.82, 2.24) is 15.0 Å². The summed E-state index contributed by atoms with van der Waals surface area (Å²) in [6, 6.07) is 14.0. The number of carbonyl (C=O) groups is 1. The minimum Gasteiger partial charge on any atom is -0.291 e. The summed E-state index contributed by atoms with van der Waals surface area (Å²) in [6.45, 7) is 0. The molecule has 2 aromatic heterocycles. The van der Waals surface area contributed by atoms with E-state index in [1.165, 1.54) is 29.1 Å². The molecule has 0 saturated carbocycles. The fourth-order valence-electron chi connectivity index (χ4n) is 2.42. The second-order valence-corrected chi connectivity index (χ2v) is 6.13. The van der Waals surface area contributed by atoms with Crippen molar-refractivity contribution in [2.75, 3.05) is 10.6 Å². The van der Waals surface area contributed by atoms with E-state index in [0.717, 1.165) is 16.6 Å². The fourth-order valence-corrected chi connectivity index (χ4v) is 3.14. The van der Waals surface area contributed by atoms with Crippen LogP contribution in [0.5, 0.6) is 0 Å². The number of urea groups is 1. The van der Waals surface area contributed by atoms with Crippen LogP contribution in [0.15, 0.2) is 66.4 Å². The van der Waals surface area contributed by atoms with E-state index in [1.54, 1.807) is 6.20 Å². The molecule has 122 valence electrons. The van der Waals surface area contributed by atoms with Gasteiger partial charge in [-0.15, -0.1) is 11.3 Å². The number of amides is 2.